The van der Waals surface area contributed by atoms with Crippen LogP contribution in [0, 0.1) is 0 Å². The number of benzene rings is 2. The summed E-state index contributed by atoms with van der Waals surface area (Å²) in [6.45, 7) is -1.45. The summed E-state index contributed by atoms with van der Waals surface area (Å²) < 4.78 is 41.4. The van der Waals surface area contributed by atoms with Crippen LogP contribution in [0.15, 0.2) is 54.6 Å². The van der Waals surface area contributed by atoms with Gasteiger partial charge in [-0.25, -0.2) is 0 Å². The van der Waals surface area contributed by atoms with Gasteiger partial charge in [0.1, 0.15) is 5.75 Å². The van der Waals surface area contributed by atoms with Gasteiger partial charge in [0.15, 0.2) is 6.61 Å². The van der Waals surface area contributed by atoms with Crippen molar-refractivity contribution < 1.29 is 27.8 Å². The molecule has 0 fully saturated rings. The number of anilines is 1. The molecule has 1 atom stereocenters. The Morgan fingerprint density at radius 1 is 1.08 bits per heavy atom. The Labute approximate surface area is 136 Å². The molecule has 0 aliphatic heterocycles. The van der Waals surface area contributed by atoms with Gasteiger partial charge in [0.25, 0.3) is 0 Å². The minimum Gasteiger partial charge on any atom is -0.482 e. The van der Waals surface area contributed by atoms with Crippen molar-refractivity contribution in [3.8, 4) is 5.75 Å². The summed E-state index contributed by atoms with van der Waals surface area (Å²) >= 11 is 0. The molecule has 0 heterocycles. The van der Waals surface area contributed by atoms with Crippen molar-refractivity contribution in [1.82, 2.24) is 0 Å². The molecule has 2 N–H and O–H groups in total. The van der Waals surface area contributed by atoms with Crippen molar-refractivity contribution in [2.24, 2.45) is 0 Å². The molecule has 0 aliphatic carbocycles. The fourth-order valence-electron chi connectivity index (χ4n) is 2.03. The van der Waals surface area contributed by atoms with E-state index < -0.39 is 24.8 Å². The molecule has 1 amide bonds. The minimum absolute atomic E-state index is 0.0858. The quantitative estimate of drug-likeness (QED) is 0.844. The van der Waals surface area contributed by atoms with Gasteiger partial charge in [0, 0.05) is 0 Å². The van der Waals surface area contributed by atoms with Gasteiger partial charge in [-0.1, -0.05) is 42.5 Å². The lowest BCUT2D eigenvalue weighted by atomic mass is 10.1. The van der Waals surface area contributed by atoms with Gasteiger partial charge in [0.2, 0.25) is 5.91 Å². The van der Waals surface area contributed by atoms with Crippen molar-refractivity contribution in [3.05, 3.63) is 60.2 Å². The number of amides is 1. The van der Waals surface area contributed by atoms with Crippen LogP contribution in [0.5, 0.6) is 5.75 Å². The molecule has 0 aromatic heterocycles. The number of alkyl halides is 3. The van der Waals surface area contributed by atoms with Crippen molar-refractivity contribution in [2.75, 3.05) is 11.9 Å². The molecule has 128 valence electrons. The van der Waals surface area contributed by atoms with E-state index in [9.17, 15) is 23.1 Å². The molecule has 2 aromatic carbocycles. The van der Waals surface area contributed by atoms with Crippen molar-refractivity contribution >= 4 is 11.6 Å². The summed E-state index contributed by atoms with van der Waals surface area (Å²) in [6, 6.07) is 14.4. The fourth-order valence-corrected chi connectivity index (χ4v) is 2.03. The van der Waals surface area contributed by atoms with Crippen LogP contribution in [-0.2, 0) is 4.79 Å². The summed E-state index contributed by atoms with van der Waals surface area (Å²) in [6.07, 6.45) is -5.70. The first-order valence-electron chi connectivity index (χ1n) is 7.16. The van der Waals surface area contributed by atoms with E-state index in [4.69, 9.17) is 0 Å². The molecule has 7 heteroatoms. The normalized spacial score (nSPS) is 12.5. The Kier molecular flexibility index (Phi) is 5.81. The summed E-state index contributed by atoms with van der Waals surface area (Å²) in [5.74, 6) is -0.619. The highest BCUT2D eigenvalue weighted by Gasteiger charge is 2.29. The number of carbonyl (C=O) groups is 1. The molecule has 0 radical (unpaired) electrons. The van der Waals surface area contributed by atoms with E-state index in [1.165, 1.54) is 18.2 Å². The minimum atomic E-state index is -4.47. The maximum atomic E-state index is 12.2. The van der Waals surface area contributed by atoms with Crippen LogP contribution < -0.4 is 10.1 Å². The van der Waals surface area contributed by atoms with E-state index in [2.05, 4.69) is 10.1 Å². The summed E-state index contributed by atoms with van der Waals surface area (Å²) in [4.78, 5) is 12.0. The number of hydrogen-bond acceptors (Lipinski definition) is 3. The number of para-hydroxylation sites is 2. The first-order valence-corrected chi connectivity index (χ1v) is 7.16. The molecule has 0 saturated carbocycles. The molecule has 1 unspecified atom stereocenters. The molecule has 0 spiro atoms. The zero-order chi connectivity index (χ0) is 17.6. The molecule has 2 rings (SSSR count). The summed E-state index contributed by atoms with van der Waals surface area (Å²) in [5.41, 5.74) is 0.696. The number of halogens is 3. The number of aliphatic hydroxyl groups excluding tert-OH is 1. The van der Waals surface area contributed by atoms with Crippen molar-refractivity contribution in [1.29, 1.82) is 0 Å². The van der Waals surface area contributed by atoms with Crippen LogP contribution in [0.4, 0.5) is 18.9 Å². The summed E-state index contributed by atoms with van der Waals surface area (Å²) in [7, 11) is 0. The van der Waals surface area contributed by atoms with E-state index in [1.54, 1.807) is 36.4 Å². The zero-order valence-electron chi connectivity index (χ0n) is 12.6. The van der Waals surface area contributed by atoms with E-state index in [0.29, 0.717) is 5.56 Å². The molecule has 2 aromatic rings. The lowest BCUT2D eigenvalue weighted by molar-refractivity contribution is -0.153. The fraction of sp³-hybridized carbons (Fsp3) is 0.235. The van der Waals surface area contributed by atoms with Crippen LogP contribution in [0.2, 0.25) is 0 Å². The number of ether oxygens (including phenoxy) is 1. The van der Waals surface area contributed by atoms with Crippen molar-refractivity contribution in [3.63, 3.8) is 0 Å². The van der Waals surface area contributed by atoms with Gasteiger partial charge in [0.05, 0.1) is 18.2 Å². The third kappa shape index (κ3) is 5.58. The predicted molar refractivity (Wildman–Crippen MR) is 82.6 cm³/mol. The average Bonchev–Trinajstić information content (AvgIpc) is 2.54. The maximum Gasteiger partial charge on any atom is 0.422 e. The Bertz CT molecular complexity index is 674. The molecule has 24 heavy (non-hydrogen) atoms. The third-order valence-electron chi connectivity index (χ3n) is 3.12. The molecule has 0 aliphatic rings. The number of carbonyl (C=O) groups excluding carboxylic acids is 1. The van der Waals surface area contributed by atoms with E-state index >= 15 is 0 Å². The second-order valence-corrected chi connectivity index (χ2v) is 5.08. The number of rotatable bonds is 6. The maximum absolute atomic E-state index is 12.2. The van der Waals surface area contributed by atoms with Crippen LogP contribution in [0.25, 0.3) is 0 Å². The van der Waals surface area contributed by atoms with Crippen LogP contribution in [-0.4, -0.2) is 23.8 Å². The lowest BCUT2D eigenvalue weighted by Crippen LogP contribution is -2.20. The second kappa shape index (κ2) is 7.83. The smallest absolute Gasteiger partial charge is 0.422 e. The molecular weight excluding hydrogens is 323 g/mol. The van der Waals surface area contributed by atoms with Crippen LogP contribution >= 0.6 is 0 Å². The van der Waals surface area contributed by atoms with E-state index in [-0.39, 0.29) is 17.9 Å². The molecule has 0 bridgehead atoms. The van der Waals surface area contributed by atoms with Gasteiger partial charge < -0.3 is 15.2 Å². The van der Waals surface area contributed by atoms with Crippen LogP contribution in [0.1, 0.15) is 18.1 Å². The number of hydrogen-bond donors (Lipinski definition) is 2. The Morgan fingerprint density at radius 2 is 1.71 bits per heavy atom. The second-order valence-electron chi connectivity index (χ2n) is 5.08. The lowest BCUT2D eigenvalue weighted by Gasteiger charge is -2.15. The largest absolute Gasteiger partial charge is 0.482 e. The summed E-state index contributed by atoms with van der Waals surface area (Å²) in [5, 5.41) is 12.5. The standard InChI is InChI=1S/C17H16F3NO3/c18-17(19,20)11-24-15-9-5-4-8-13(15)21-16(23)10-14(22)12-6-2-1-3-7-12/h1-9,14,22H,10-11H2,(H,21,23). The topological polar surface area (TPSA) is 58.6 Å². The molecule has 0 saturated heterocycles. The van der Waals surface area contributed by atoms with E-state index in [0.717, 1.165) is 0 Å². The average molecular weight is 339 g/mol. The predicted octanol–water partition coefficient (Wildman–Crippen LogP) is 3.69. The molecular formula is C17H16F3NO3. The Hall–Kier alpha value is -2.54. The van der Waals surface area contributed by atoms with Gasteiger partial charge in [-0.05, 0) is 17.7 Å². The van der Waals surface area contributed by atoms with Crippen LogP contribution in [0.3, 0.4) is 0 Å². The third-order valence-corrected chi connectivity index (χ3v) is 3.12. The number of nitrogens with one attached hydrogen (secondary N) is 1. The molecule has 4 nitrogen and oxygen atoms in total. The Morgan fingerprint density at radius 3 is 2.38 bits per heavy atom. The van der Waals surface area contributed by atoms with Gasteiger partial charge in [-0.15, -0.1) is 0 Å². The SMILES string of the molecule is O=C(CC(O)c1ccccc1)Nc1ccccc1OCC(F)(F)F. The van der Waals surface area contributed by atoms with Gasteiger partial charge >= 0.3 is 6.18 Å². The number of aliphatic hydroxyl groups is 1. The van der Waals surface area contributed by atoms with Gasteiger partial charge in [-0.3, -0.25) is 4.79 Å². The zero-order valence-corrected chi connectivity index (χ0v) is 12.6. The van der Waals surface area contributed by atoms with E-state index in [1.807, 2.05) is 0 Å². The highest BCUT2D eigenvalue weighted by molar-refractivity contribution is 5.92. The highest BCUT2D eigenvalue weighted by Crippen LogP contribution is 2.27. The first-order chi connectivity index (χ1) is 11.3. The van der Waals surface area contributed by atoms with Gasteiger partial charge in [-0.2, -0.15) is 13.2 Å². The Balaban J connectivity index is 1.99. The van der Waals surface area contributed by atoms with Crippen molar-refractivity contribution in [2.45, 2.75) is 18.7 Å². The highest BCUT2D eigenvalue weighted by atomic mass is 19.4. The first kappa shape index (κ1) is 17.8. The monoisotopic (exact) mass is 339 g/mol.